The maximum absolute atomic E-state index is 13.4. The van der Waals surface area contributed by atoms with Crippen LogP contribution in [-0.2, 0) is 4.79 Å². The molecule has 0 aliphatic rings. The van der Waals surface area contributed by atoms with Gasteiger partial charge in [-0.05, 0) is 32.9 Å². The molecular formula is C15H19ClFN3O. The Morgan fingerprint density at radius 1 is 1.48 bits per heavy atom. The molecule has 2 unspecified atom stereocenters. The van der Waals surface area contributed by atoms with E-state index >= 15 is 0 Å². The molecule has 21 heavy (non-hydrogen) atoms. The number of carbonyl (C=O) groups excluding carboxylic acids is 1. The van der Waals surface area contributed by atoms with Crippen molar-refractivity contribution >= 4 is 28.5 Å². The number of hydrogen-bond acceptors (Lipinski definition) is 2. The third-order valence-electron chi connectivity index (χ3n) is 3.63. The van der Waals surface area contributed by atoms with Crippen LogP contribution >= 0.6 is 11.6 Å². The third kappa shape index (κ3) is 2.88. The van der Waals surface area contributed by atoms with Crippen molar-refractivity contribution in [1.82, 2.24) is 14.5 Å². The second-order valence-electron chi connectivity index (χ2n) is 5.12. The molecule has 0 bridgehead atoms. The summed E-state index contributed by atoms with van der Waals surface area (Å²) in [5.41, 5.74) is 1.22. The van der Waals surface area contributed by atoms with Crippen molar-refractivity contribution < 1.29 is 9.18 Å². The lowest BCUT2D eigenvalue weighted by Crippen LogP contribution is -2.33. The van der Waals surface area contributed by atoms with Crippen molar-refractivity contribution in [2.45, 2.75) is 32.2 Å². The van der Waals surface area contributed by atoms with Crippen molar-refractivity contribution in [2.24, 2.45) is 0 Å². The fourth-order valence-corrected chi connectivity index (χ4v) is 2.52. The highest BCUT2D eigenvalue weighted by atomic mass is 35.5. The van der Waals surface area contributed by atoms with Crippen LogP contribution in [0.25, 0.3) is 11.0 Å². The summed E-state index contributed by atoms with van der Waals surface area (Å²) in [6.07, 6.45) is 0. The summed E-state index contributed by atoms with van der Waals surface area (Å²) >= 11 is 6.18. The lowest BCUT2D eigenvalue weighted by atomic mass is 10.2. The number of alkyl halides is 1. The lowest BCUT2D eigenvalue weighted by Gasteiger charge is -2.23. The van der Waals surface area contributed by atoms with E-state index in [1.165, 1.54) is 12.1 Å². The number of rotatable bonds is 4. The normalized spacial score (nSPS) is 14.2. The Labute approximate surface area is 128 Å². The molecule has 0 radical (unpaired) electrons. The number of carbonyl (C=O) groups is 1. The number of likely N-dealkylation sites (N-methyl/N-ethyl adjacent to an activating group) is 1. The first-order chi connectivity index (χ1) is 9.86. The van der Waals surface area contributed by atoms with Gasteiger partial charge in [0.1, 0.15) is 17.7 Å². The van der Waals surface area contributed by atoms with Gasteiger partial charge in [-0.15, -0.1) is 11.6 Å². The van der Waals surface area contributed by atoms with Gasteiger partial charge in [0, 0.05) is 19.7 Å². The number of nitrogens with zero attached hydrogens (tertiary/aromatic N) is 3. The largest absolute Gasteiger partial charge is 0.344 e. The first-order valence-electron chi connectivity index (χ1n) is 6.93. The molecule has 1 amide bonds. The molecule has 0 N–H and O–H groups in total. The number of halogens is 2. The van der Waals surface area contributed by atoms with Crippen LogP contribution in [0.1, 0.15) is 38.0 Å². The molecule has 0 aliphatic heterocycles. The molecule has 0 aliphatic carbocycles. The second kappa shape index (κ2) is 6.02. The zero-order valence-electron chi connectivity index (χ0n) is 12.6. The van der Waals surface area contributed by atoms with Crippen molar-refractivity contribution in [3.8, 4) is 0 Å². The minimum absolute atomic E-state index is 0.0281. The molecule has 1 heterocycles. The summed E-state index contributed by atoms with van der Waals surface area (Å²) in [5.74, 6) is 0.188. The lowest BCUT2D eigenvalue weighted by molar-refractivity contribution is -0.132. The Kier molecular flexibility index (Phi) is 4.52. The van der Waals surface area contributed by atoms with Gasteiger partial charge in [0.15, 0.2) is 0 Å². The maximum atomic E-state index is 13.4. The number of amides is 1. The van der Waals surface area contributed by atoms with E-state index in [1.807, 2.05) is 13.8 Å². The van der Waals surface area contributed by atoms with Crippen LogP contribution < -0.4 is 0 Å². The molecule has 114 valence electrons. The Bertz CT molecular complexity index is 668. The third-order valence-corrected chi connectivity index (χ3v) is 3.83. The van der Waals surface area contributed by atoms with E-state index in [9.17, 15) is 9.18 Å². The number of hydrogen-bond donors (Lipinski definition) is 0. The van der Waals surface area contributed by atoms with E-state index in [2.05, 4.69) is 4.98 Å². The highest BCUT2D eigenvalue weighted by molar-refractivity contribution is 6.20. The van der Waals surface area contributed by atoms with Crippen molar-refractivity contribution in [1.29, 1.82) is 0 Å². The van der Waals surface area contributed by atoms with Crippen LogP contribution in [-0.4, -0.2) is 34.0 Å². The minimum Gasteiger partial charge on any atom is -0.344 e. The molecule has 0 spiro atoms. The fourth-order valence-electron chi connectivity index (χ4n) is 2.36. The minimum atomic E-state index is -0.443. The monoisotopic (exact) mass is 311 g/mol. The molecule has 0 fully saturated rings. The highest BCUT2D eigenvalue weighted by Gasteiger charge is 2.25. The van der Waals surface area contributed by atoms with E-state index in [4.69, 9.17) is 11.6 Å². The van der Waals surface area contributed by atoms with Gasteiger partial charge in [0.05, 0.1) is 16.4 Å². The van der Waals surface area contributed by atoms with Crippen LogP contribution in [0.15, 0.2) is 18.2 Å². The zero-order valence-corrected chi connectivity index (χ0v) is 13.4. The summed E-state index contributed by atoms with van der Waals surface area (Å²) < 4.78 is 15.2. The topological polar surface area (TPSA) is 38.1 Å². The Hall–Kier alpha value is -1.62. The Balaban J connectivity index is 2.60. The number of fused-ring (bicyclic) bond motifs is 1. The molecule has 6 heteroatoms. The molecular weight excluding hydrogens is 293 g/mol. The van der Waals surface area contributed by atoms with Crippen LogP contribution in [0.3, 0.4) is 0 Å². The summed E-state index contributed by atoms with van der Waals surface area (Å²) in [4.78, 5) is 18.4. The van der Waals surface area contributed by atoms with Crippen molar-refractivity contribution in [2.75, 3.05) is 13.6 Å². The van der Waals surface area contributed by atoms with Gasteiger partial charge in [0.2, 0.25) is 5.91 Å². The van der Waals surface area contributed by atoms with Crippen molar-refractivity contribution in [3.63, 3.8) is 0 Å². The summed E-state index contributed by atoms with van der Waals surface area (Å²) in [5, 5.41) is -0.373. The predicted molar refractivity (Wildman–Crippen MR) is 82.0 cm³/mol. The van der Waals surface area contributed by atoms with Gasteiger partial charge >= 0.3 is 0 Å². The average molecular weight is 312 g/mol. The summed E-state index contributed by atoms with van der Waals surface area (Å²) in [6.45, 7) is 6.13. The predicted octanol–water partition coefficient (Wildman–Crippen LogP) is 3.51. The van der Waals surface area contributed by atoms with E-state index in [1.54, 1.807) is 29.5 Å². The standard InChI is InChI=1S/C15H19ClFN3O/c1-5-19(4)15(21)10(3)20-13-7-6-11(17)8-12(13)18-14(20)9(2)16/h6-10H,5H2,1-4H3. The number of aromatic nitrogens is 2. The zero-order chi connectivity index (χ0) is 15.7. The maximum Gasteiger partial charge on any atom is 0.245 e. The molecule has 4 nitrogen and oxygen atoms in total. The highest BCUT2D eigenvalue weighted by Crippen LogP contribution is 2.29. The van der Waals surface area contributed by atoms with Crippen molar-refractivity contribution in [3.05, 3.63) is 29.8 Å². The van der Waals surface area contributed by atoms with E-state index in [0.717, 1.165) is 0 Å². The smallest absolute Gasteiger partial charge is 0.245 e. The van der Waals surface area contributed by atoms with E-state index < -0.39 is 6.04 Å². The molecule has 1 aromatic heterocycles. The number of imidazole rings is 1. The fraction of sp³-hybridized carbons (Fsp3) is 0.467. The van der Waals surface area contributed by atoms with Gasteiger partial charge in [0.25, 0.3) is 0 Å². The quantitative estimate of drug-likeness (QED) is 0.810. The Morgan fingerprint density at radius 3 is 2.71 bits per heavy atom. The molecule has 0 saturated carbocycles. The molecule has 2 aromatic rings. The molecule has 2 atom stereocenters. The molecule has 2 rings (SSSR count). The summed E-state index contributed by atoms with van der Waals surface area (Å²) in [6, 6.07) is 3.91. The molecule has 0 saturated heterocycles. The van der Waals surface area contributed by atoms with Crippen LogP contribution in [0, 0.1) is 5.82 Å². The van der Waals surface area contributed by atoms with E-state index in [-0.39, 0.29) is 17.1 Å². The van der Waals surface area contributed by atoms with Crippen LogP contribution in [0.5, 0.6) is 0 Å². The first-order valence-corrected chi connectivity index (χ1v) is 7.36. The van der Waals surface area contributed by atoms with Gasteiger partial charge in [-0.2, -0.15) is 0 Å². The summed E-state index contributed by atoms with van der Waals surface area (Å²) in [7, 11) is 1.75. The van der Waals surface area contributed by atoms with Crippen LogP contribution in [0.2, 0.25) is 0 Å². The Morgan fingerprint density at radius 2 is 2.14 bits per heavy atom. The molecule has 1 aromatic carbocycles. The van der Waals surface area contributed by atoms with Gasteiger partial charge in [-0.3, -0.25) is 4.79 Å². The van der Waals surface area contributed by atoms with Gasteiger partial charge in [-0.1, -0.05) is 0 Å². The SMILES string of the molecule is CCN(C)C(=O)C(C)n1c(C(C)Cl)nc2cc(F)ccc21. The van der Waals surface area contributed by atoms with Crippen LogP contribution in [0.4, 0.5) is 4.39 Å². The first kappa shape index (κ1) is 15.8. The van der Waals surface area contributed by atoms with Gasteiger partial charge < -0.3 is 9.47 Å². The average Bonchev–Trinajstić information content (AvgIpc) is 2.83. The number of benzene rings is 1. The van der Waals surface area contributed by atoms with Gasteiger partial charge in [-0.25, -0.2) is 9.37 Å². The second-order valence-corrected chi connectivity index (χ2v) is 5.77. The van der Waals surface area contributed by atoms with E-state index in [0.29, 0.717) is 23.4 Å².